The van der Waals surface area contributed by atoms with E-state index in [1.165, 1.54) is 12.1 Å². The van der Waals surface area contributed by atoms with Crippen LogP contribution in [0.25, 0.3) is 0 Å². The molecule has 0 aromatic heterocycles. The predicted molar refractivity (Wildman–Crippen MR) is 68.9 cm³/mol. The van der Waals surface area contributed by atoms with Gasteiger partial charge in [0.15, 0.2) is 0 Å². The van der Waals surface area contributed by atoms with E-state index in [1.807, 2.05) is 6.92 Å². The Morgan fingerprint density at radius 2 is 2.22 bits per heavy atom. The van der Waals surface area contributed by atoms with Crippen molar-refractivity contribution in [2.45, 2.75) is 31.8 Å². The van der Waals surface area contributed by atoms with E-state index in [-0.39, 0.29) is 17.6 Å². The van der Waals surface area contributed by atoms with E-state index in [4.69, 9.17) is 11.5 Å². The van der Waals surface area contributed by atoms with Crippen molar-refractivity contribution in [3.8, 4) is 0 Å². The molecule has 0 spiro atoms. The summed E-state index contributed by atoms with van der Waals surface area (Å²) in [5.74, 6) is -1.06. The van der Waals surface area contributed by atoms with Crippen LogP contribution in [0.1, 0.15) is 30.1 Å². The van der Waals surface area contributed by atoms with Gasteiger partial charge in [-0.25, -0.2) is 4.39 Å². The van der Waals surface area contributed by atoms with Crippen molar-refractivity contribution in [3.63, 3.8) is 0 Å². The Morgan fingerprint density at radius 3 is 2.83 bits per heavy atom. The van der Waals surface area contributed by atoms with Crippen molar-refractivity contribution in [2.75, 3.05) is 11.4 Å². The highest BCUT2D eigenvalue weighted by Crippen LogP contribution is 2.28. The summed E-state index contributed by atoms with van der Waals surface area (Å²) in [5.41, 5.74) is 12.1. The minimum atomic E-state index is -0.605. The second kappa shape index (κ2) is 4.94. The molecule has 1 aromatic rings. The Bertz CT molecular complexity index is 464. The molecule has 1 fully saturated rings. The highest BCUT2D eigenvalue weighted by Gasteiger charge is 2.26. The molecule has 18 heavy (non-hydrogen) atoms. The lowest BCUT2D eigenvalue weighted by Gasteiger charge is -2.38. The largest absolute Gasteiger partial charge is 0.368 e. The number of anilines is 1. The quantitative estimate of drug-likeness (QED) is 0.830. The Kier molecular flexibility index (Phi) is 3.52. The van der Waals surface area contributed by atoms with Gasteiger partial charge in [0, 0.05) is 24.3 Å². The molecule has 2 rings (SSSR count). The number of nitrogens with zero attached hydrogens (tertiary/aromatic N) is 1. The first-order valence-corrected chi connectivity index (χ1v) is 6.10. The number of piperidine rings is 1. The van der Waals surface area contributed by atoms with Crippen molar-refractivity contribution in [3.05, 3.63) is 29.6 Å². The molecular formula is C13H18FN3O. The number of carbonyl (C=O) groups excluding carboxylic acids is 1. The van der Waals surface area contributed by atoms with Gasteiger partial charge in [0.1, 0.15) is 5.82 Å². The van der Waals surface area contributed by atoms with E-state index >= 15 is 0 Å². The van der Waals surface area contributed by atoms with E-state index < -0.39 is 11.7 Å². The molecule has 4 nitrogen and oxygen atoms in total. The third-order valence-corrected chi connectivity index (χ3v) is 3.45. The zero-order valence-electron chi connectivity index (χ0n) is 10.4. The van der Waals surface area contributed by atoms with Crippen molar-refractivity contribution in [1.29, 1.82) is 0 Å². The third-order valence-electron chi connectivity index (χ3n) is 3.45. The molecule has 1 saturated heterocycles. The van der Waals surface area contributed by atoms with Crippen molar-refractivity contribution in [2.24, 2.45) is 11.5 Å². The van der Waals surface area contributed by atoms with Crippen LogP contribution in [0.5, 0.6) is 0 Å². The molecule has 2 atom stereocenters. The van der Waals surface area contributed by atoms with Crippen LogP contribution in [0, 0.1) is 5.82 Å². The predicted octanol–water partition coefficient (Wildman–Crippen LogP) is 1.24. The van der Waals surface area contributed by atoms with Crippen LogP contribution in [-0.2, 0) is 0 Å². The number of rotatable bonds is 2. The molecule has 0 radical (unpaired) electrons. The third kappa shape index (κ3) is 2.46. The second-order valence-electron chi connectivity index (χ2n) is 4.85. The fourth-order valence-corrected chi connectivity index (χ4v) is 2.52. The van der Waals surface area contributed by atoms with E-state index in [9.17, 15) is 9.18 Å². The van der Waals surface area contributed by atoms with Crippen LogP contribution in [0.15, 0.2) is 18.2 Å². The summed E-state index contributed by atoms with van der Waals surface area (Å²) in [7, 11) is 0. The van der Waals surface area contributed by atoms with Crippen LogP contribution in [0.3, 0.4) is 0 Å². The maximum Gasteiger partial charge on any atom is 0.250 e. The average Bonchev–Trinajstić information content (AvgIpc) is 2.29. The first-order valence-electron chi connectivity index (χ1n) is 6.10. The summed E-state index contributed by atoms with van der Waals surface area (Å²) in [5, 5.41) is 0. The standard InChI is InChI=1S/C13H18FN3O/c1-8-6-10(15)4-5-17(8)12-3-2-9(14)7-11(12)13(16)18/h2-3,7-8,10H,4-6,15H2,1H3,(H2,16,18). The molecule has 4 N–H and O–H groups in total. The van der Waals surface area contributed by atoms with Gasteiger partial charge in [-0.3, -0.25) is 4.79 Å². The summed E-state index contributed by atoms with van der Waals surface area (Å²) in [4.78, 5) is 13.5. The number of carbonyl (C=O) groups is 1. The van der Waals surface area contributed by atoms with Crippen LogP contribution >= 0.6 is 0 Å². The highest BCUT2D eigenvalue weighted by atomic mass is 19.1. The number of halogens is 1. The number of hydrogen-bond acceptors (Lipinski definition) is 3. The van der Waals surface area contributed by atoms with Gasteiger partial charge in [0.05, 0.1) is 5.56 Å². The lowest BCUT2D eigenvalue weighted by molar-refractivity contribution is 0.1000. The zero-order chi connectivity index (χ0) is 13.3. The van der Waals surface area contributed by atoms with E-state index in [1.54, 1.807) is 6.07 Å². The number of benzene rings is 1. The monoisotopic (exact) mass is 251 g/mol. The maximum absolute atomic E-state index is 13.2. The molecule has 98 valence electrons. The SMILES string of the molecule is CC1CC(N)CCN1c1ccc(F)cc1C(N)=O. The first kappa shape index (κ1) is 12.8. The fraction of sp³-hybridized carbons (Fsp3) is 0.462. The van der Waals surface area contributed by atoms with Crippen LogP contribution in [0.2, 0.25) is 0 Å². The van der Waals surface area contributed by atoms with Crippen LogP contribution in [-0.4, -0.2) is 24.5 Å². The minimum absolute atomic E-state index is 0.189. The van der Waals surface area contributed by atoms with Gasteiger partial charge >= 0.3 is 0 Å². The first-order chi connectivity index (χ1) is 8.49. The summed E-state index contributed by atoms with van der Waals surface area (Å²) >= 11 is 0. The number of nitrogens with two attached hydrogens (primary N) is 2. The number of hydrogen-bond donors (Lipinski definition) is 2. The Morgan fingerprint density at radius 1 is 1.50 bits per heavy atom. The van der Waals surface area contributed by atoms with Crippen molar-refractivity contribution < 1.29 is 9.18 Å². The molecular weight excluding hydrogens is 233 g/mol. The molecule has 1 aliphatic heterocycles. The molecule has 1 amide bonds. The average molecular weight is 251 g/mol. The topological polar surface area (TPSA) is 72.3 Å². The molecule has 0 saturated carbocycles. The maximum atomic E-state index is 13.2. The molecule has 1 aliphatic rings. The highest BCUT2D eigenvalue weighted by molar-refractivity contribution is 5.98. The molecule has 2 unspecified atom stereocenters. The molecule has 1 heterocycles. The van der Waals surface area contributed by atoms with Crippen LogP contribution in [0.4, 0.5) is 10.1 Å². The van der Waals surface area contributed by atoms with Gasteiger partial charge < -0.3 is 16.4 Å². The van der Waals surface area contributed by atoms with E-state index in [2.05, 4.69) is 4.90 Å². The zero-order valence-corrected chi connectivity index (χ0v) is 10.4. The van der Waals surface area contributed by atoms with E-state index in [0.29, 0.717) is 5.69 Å². The smallest absolute Gasteiger partial charge is 0.250 e. The van der Waals surface area contributed by atoms with Crippen LogP contribution < -0.4 is 16.4 Å². The summed E-state index contributed by atoms with van der Waals surface area (Å²) < 4.78 is 13.2. The normalized spacial score (nSPS) is 24.1. The summed E-state index contributed by atoms with van der Waals surface area (Å²) in [6, 6.07) is 4.57. The van der Waals surface area contributed by atoms with Gasteiger partial charge in [-0.05, 0) is 38.0 Å². The molecule has 0 aliphatic carbocycles. The number of amides is 1. The van der Waals surface area contributed by atoms with Crippen molar-refractivity contribution >= 4 is 11.6 Å². The van der Waals surface area contributed by atoms with Gasteiger partial charge in [-0.15, -0.1) is 0 Å². The molecule has 1 aromatic carbocycles. The van der Waals surface area contributed by atoms with Gasteiger partial charge in [0.2, 0.25) is 0 Å². The van der Waals surface area contributed by atoms with E-state index in [0.717, 1.165) is 19.4 Å². The van der Waals surface area contributed by atoms with Gasteiger partial charge in [-0.2, -0.15) is 0 Å². The fourth-order valence-electron chi connectivity index (χ4n) is 2.52. The van der Waals surface area contributed by atoms with Gasteiger partial charge in [0.25, 0.3) is 5.91 Å². The Hall–Kier alpha value is -1.62. The minimum Gasteiger partial charge on any atom is -0.368 e. The lowest BCUT2D eigenvalue weighted by atomic mass is 9.97. The Labute approximate surface area is 106 Å². The summed E-state index contributed by atoms with van der Waals surface area (Å²) in [6.45, 7) is 2.81. The molecule has 0 bridgehead atoms. The number of primary amides is 1. The molecule has 5 heteroatoms. The summed E-state index contributed by atoms with van der Waals surface area (Å²) in [6.07, 6.45) is 1.72. The van der Waals surface area contributed by atoms with Gasteiger partial charge in [-0.1, -0.05) is 0 Å². The second-order valence-corrected chi connectivity index (χ2v) is 4.85. The van der Waals surface area contributed by atoms with Crippen molar-refractivity contribution in [1.82, 2.24) is 0 Å². The Balaban J connectivity index is 2.35. The lowest BCUT2D eigenvalue weighted by Crippen LogP contribution is -2.46.